The molecule has 3 aromatic rings. The molecular weight excluding hydrogens is 338 g/mol. The van der Waals surface area contributed by atoms with Crippen molar-refractivity contribution in [3.05, 3.63) is 75.5 Å². The van der Waals surface area contributed by atoms with Crippen LogP contribution in [-0.2, 0) is 6.42 Å². The summed E-state index contributed by atoms with van der Waals surface area (Å²) in [6, 6.07) is 9.22. The van der Waals surface area contributed by atoms with Gasteiger partial charge in [-0.3, -0.25) is 14.7 Å². The number of H-pyrrole nitrogens is 1. The third kappa shape index (κ3) is 4.07. The van der Waals surface area contributed by atoms with Crippen molar-refractivity contribution in [1.29, 1.82) is 0 Å². The number of hydrogen-bond acceptors (Lipinski definition) is 6. The number of hydrogen-bond donors (Lipinski definition) is 2. The first-order chi connectivity index (χ1) is 12.0. The standard InChI is InChI=1S/C18H15N3O3S/c1-11(22)14-4-2-12(3-5-14)6-13-7-17(25-9-13)15(23)8-16(24)18-19-10-20-21-18/h2-5,7-10,24H,6H2,1H3,(H,19,20,21). The van der Waals surface area contributed by atoms with Crippen LogP contribution in [0.25, 0.3) is 5.76 Å². The average molecular weight is 353 g/mol. The number of nitrogens with one attached hydrogen (secondary N) is 1. The van der Waals surface area contributed by atoms with Gasteiger partial charge in [0.05, 0.1) is 4.88 Å². The molecule has 0 saturated heterocycles. The summed E-state index contributed by atoms with van der Waals surface area (Å²) in [6.07, 6.45) is 3.04. The number of aromatic amines is 1. The molecule has 0 fully saturated rings. The molecule has 0 aliphatic rings. The van der Waals surface area contributed by atoms with Crippen LogP contribution in [0.4, 0.5) is 0 Å². The van der Waals surface area contributed by atoms with Crippen LogP contribution in [0, 0.1) is 0 Å². The van der Waals surface area contributed by atoms with Crippen LogP contribution in [0.2, 0.25) is 0 Å². The van der Waals surface area contributed by atoms with Gasteiger partial charge in [0.1, 0.15) is 6.33 Å². The van der Waals surface area contributed by atoms with E-state index in [0.717, 1.165) is 17.2 Å². The van der Waals surface area contributed by atoms with Gasteiger partial charge in [0.15, 0.2) is 23.2 Å². The number of aliphatic hydroxyl groups is 1. The lowest BCUT2D eigenvalue weighted by Crippen LogP contribution is -1.95. The molecule has 2 aromatic heterocycles. The van der Waals surface area contributed by atoms with E-state index in [1.54, 1.807) is 18.2 Å². The van der Waals surface area contributed by atoms with Gasteiger partial charge < -0.3 is 5.11 Å². The van der Waals surface area contributed by atoms with Crippen LogP contribution in [0.3, 0.4) is 0 Å². The molecule has 126 valence electrons. The Labute approximate surface area is 147 Å². The van der Waals surface area contributed by atoms with Crippen molar-refractivity contribution < 1.29 is 14.7 Å². The van der Waals surface area contributed by atoms with Crippen molar-refractivity contribution in [2.75, 3.05) is 0 Å². The Morgan fingerprint density at radius 3 is 2.64 bits per heavy atom. The third-order valence-electron chi connectivity index (χ3n) is 3.59. The number of carbonyl (C=O) groups is 2. The number of thiophene rings is 1. The van der Waals surface area contributed by atoms with Crippen molar-refractivity contribution in [2.45, 2.75) is 13.3 Å². The van der Waals surface area contributed by atoms with Crippen molar-refractivity contribution in [2.24, 2.45) is 0 Å². The summed E-state index contributed by atoms with van der Waals surface area (Å²) in [7, 11) is 0. The second-order valence-corrected chi connectivity index (χ2v) is 6.39. The SMILES string of the molecule is CC(=O)c1ccc(Cc2csc(C(=O)C=C(O)c3ncn[nH]3)c2)cc1. The molecule has 0 radical (unpaired) electrons. The molecule has 0 amide bonds. The molecule has 0 unspecified atom stereocenters. The molecule has 0 atom stereocenters. The van der Waals surface area contributed by atoms with Gasteiger partial charge in [-0.25, -0.2) is 4.98 Å². The number of benzene rings is 1. The van der Waals surface area contributed by atoms with E-state index in [9.17, 15) is 14.7 Å². The summed E-state index contributed by atoms with van der Waals surface area (Å²) in [6.45, 7) is 1.54. The number of aromatic nitrogens is 3. The summed E-state index contributed by atoms with van der Waals surface area (Å²) in [4.78, 5) is 27.8. The van der Waals surface area contributed by atoms with Crippen LogP contribution in [0.5, 0.6) is 0 Å². The average Bonchev–Trinajstić information content (AvgIpc) is 3.27. The lowest BCUT2D eigenvalue weighted by atomic mass is 10.0. The van der Waals surface area contributed by atoms with E-state index in [1.165, 1.54) is 24.6 Å². The highest BCUT2D eigenvalue weighted by molar-refractivity contribution is 7.12. The highest BCUT2D eigenvalue weighted by Crippen LogP contribution is 2.20. The zero-order valence-electron chi connectivity index (χ0n) is 13.4. The lowest BCUT2D eigenvalue weighted by Gasteiger charge is -2.00. The van der Waals surface area contributed by atoms with Gasteiger partial charge in [0.2, 0.25) is 0 Å². The Kier molecular flexibility index (Phi) is 4.85. The highest BCUT2D eigenvalue weighted by Gasteiger charge is 2.11. The van der Waals surface area contributed by atoms with Crippen LogP contribution >= 0.6 is 11.3 Å². The maximum absolute atomic E-state index is 12.2. The van der Waals surface area contributed by atoms with Crippen LogP contribution in [-0.4, -0.2) is 31.9 Å². The van der Waals surface area contributed by atoms with E-state index in [1.807, 2.05) is 17.5 Å². The number of rotatable bonds is 6. The Balaban J connectivity index is 1.70. The molecule has 0 spiro atoms. The predicted octanol–water partition coefficient (Wildman–Crippen LogP) is 3.44. The summed E-state index contributed by atoms with van der Waals surface area (Å²) >= 11 is 1.32. The molecule has 0 aliphatic heterocycles. The second kappa shape index (κ2) is 7.23. The fourth-order valence-corrected chi connectivity index (χ4v) is 3.11. The van der Waals surface area contributed by atoms with Crippen LogP contribution < -0.4 is 0 Å². The van der Waals surface area contributed by atoms with Crippen LogP contribution in [0.15, 0.2) is 48.1 Å². The minimum Gasteiger partial charge on any atom is -0.504 e. The number of carbonyl (C=O) groups excluding carboxylic acids is 2. The maximum Gasteiger partial charge on any atom is 0.199 e. The molecule has 25 heavy (non-hydrogen) atoms. The topological polar surface area (TPSA) is 95.9 Å². The van der Waals surface area contributed by atoms with Gasteiger partial charge in [-0.1, -0.05) is 24.3 Å². The van der Waals surface area contributed by atoms with Gasteiger partial charge in [-0.2, -0.15) is 5.10 Å². The monoisotopic (exact) mass is 353 g/mol. The zero-order valence-corrected chi connectivity index (χ0v) is 14.2. The van der Waals surface area contributed by atoms with E-state index < -0.39 is 0 Å². The van der Waals surface area contributed by atoms with E-state index >= 15 is 0 Å². The number of nitrogens with zero attached hydrogens (tertiary/aromatic N) is 2. The number of ketones is 2. The molecule has 2 N–H and O–H groups in total. The smallest absolute Gasteiger partial charge is 0.199 e. The lowest BCUT2D eigenvalue weighted by molar-refractivity contribution is 0.101. The second-order valence-electron chi connectivity index (χ2n) is 5.48. The number of Topliss-reactive ketones (excluding diaryl/α,β-unsaturated/α-hetero) is 1. The van der Waals surface area contributed by atoms with Crippen LogP contribution in [0.1, 0.15) is 43.9 Å². The Morgan fingerprint density at radius 2 is 2.00 bits per heavy atom. The van der Waals surface area contributed by atoms with Gasteiger partial charge in [0.25, 0.3) is 0 Å². The molecule has 6 nitrogen and oxygen atoms in total. The summed E-state index contributed by atoms with van der Waals surface area (Å²) < 4.78 is 0. The zero-order chi connectivity index (χ0) is 17.8. The number of allylic oxidation sites excluding steroid dienone is 1. The Hall–Kier alpha value is -3.06. The largest absolute Gasteiger partial charge is 0.504 e. The van der Waals surface area contributed by atoms with Gasteiger partial charge in [-0.15, -0.1) is 11.3 Å². The van der Waals surface area contributed by atoms with Crippen molar-refractivity contribution in [3.8, 4) is 0 Å². The molecular formula is C18H15N3O3S. The normalized spacial score (nSPS) is 11.5. The molecule has 1 aromatic carbocycles. The van der Waals surface area contributed by atoms with Crippen molar-refractivity contribution >= 4 is 28.7 Å². The summed E-state index contributed by atoms with van der Waals surface area (Å²) in [5, 5.41) is 17.9. The maximum atomic E-state index is 12.2. The molecule has 0 saturated carbocycles. The molecule has 7 heteroatoms. The minimum absolute atomic E-state index is 0.0355. The molecule has 2 heterocycles. The summed E-state index contributed by atoms with van der Waals surface area (Å²) in [5.41, 5.74) is 2.73. The van der Waals surface area contributed by atoms with Gasteiger partial charge >= 0.3 is 0 Å². The molecule has 3 rings (SSSR count). The van der Waals surface area contributed by atoms with E-state index in [2.05, 4.69) is 15.2 Å². The fraction of sp³-hybridized carbons (Fsp3) is 0.111. The van der Waals surface area contributed by atoms with Gasteiger partial charge in [-0.05, 0) is 35.9 Å². The van der Waals surface area contributed by atoms with Crippen molar-refractivity contribution in [1.82, 2.24) is 15.2 Å². The fourth-order valence-electron chi connectivity index (χ4n) is 2.28. The van der Waals surface area contributed by atoms with Gasteiger partial charge in [0, 0.05) is 11.6 Å². The molecule has 0 aliphatic carbocycles. The summed E-state index contributed by atoms with van der Waals surface area (Å²) in [5.74, 6) is -0.363. The first-order valence-electron chi connectivity index (χ1n) is 7.51. The van der Waals surface area contributed by atoms with Crippen molar-refractivity contribution in [3.63, 3.8) is 0 Å². The minimum atomic E-state index is -0.294. The molecule has 0 bridgehead atoms. The Bertz CT molecular complexity index is 925. The van der Waals surface area contributed by atoms with E-state index in [0.29, 0.717) is 16.9 Å². The first-order valence-corrected chi connectivity index (χ1v) is 8.39. The quantitative estimate of drug-likeness (QED) is 0.402. The van der Waals surface area contributed by atoms with E-state index in [4.69, 9.17) is 0 Å². The highest BCUT2D eigenvalue weighted by atomic mass is 32.1. The number of aliphatic hydroxyl groups excluding tert-OH is 1. The van der Waals surface area contributed by atoms with E-state index in [-0.39, 0.29) is 23.2 Å². The Morgan fingerprint density at radius 1 is 1.24 bits per heavy atom. The predicted molar refractivity (Wildman–Crippen MR) is 94.9 cm³/mol. The first kappa shape index (κ1) is 16.8. The third-order valence-corrected chi connectivity index (χ3v) is 4.58.